The van der Waals surface area contributed by atoms with E-state index in [4.69, 9.17) is 16.3 Å². The van der Waals surface area contributed by atoms with Gasteiger partial charge in [0, 0.05) is 44.5 Å². The fourth-order valence-corrected chi connectivity index (χ4v) is 4.89. The van der Waals surface area contributed by atoms with Crippen LogP contribution in [0.3, 0.4) is 0 Å². The van der Waals surface area contributed by atoms with Gasteiger partial charge in [0.1, 0.15) is 6.29 Å². The van der Waals surface area contributed by atoms with Gasteiger partial charge in [0.2, 0.25) is 0 Å². The number of hydrogen-bond donors (Lipinski definition) is 0. The molecule has 184 valence electrons. The van der Waals surface area contributed by atoms with E-state index in [0.29, 0.717) is 5.02 Å². The maximum atomic E-state index is 11.8. The van der Waals surface area contributed by atoms with Crippen LogP contribution in [0.15, 0.2) is 85.3 Å². The molecule has 0 N–H and O–H groups in total. The van der Waals surface area contributed by atoms with Crippen molar-refractivity contribution in [3.05, 3.63) is 124 Å². The van der Waals surface area contributed by atoms with E-state index in [1.54, 1.807) is 19.5 Å². The lowest BCUT2D eigenvalue weighted by molar-refractivity contribution is -0.104. The minimum atomic E-state index is -0.964. The van der Waals surface area contributed by atoms with Crippen molar-refractivity contribution in [2.24, 2.45) is 7.05 Å². The van der Waals surface area contributed by atoms with E-state index in [2.05, 4.69) is 29.2 Å². The van der Waals surface area contributed by atoms with Crippen LogP contribution in [-0.2, 0) is 22.2 Å². The molecule has 1 heterocycles. The second kappa shape index (κ2) is 10.5. The molecule has 0 saturated carbocycles. The third-order valence-electron chi connectivity index (χ3n) is 6.47. The Kier molecular flexibility index (Phi) is 7.43. The molecule has 1 aromatic heterocycles. The molecule has 0 saturated heterocycles. The van der Waals surface area contributed by atoms with Gasteiger partial charge in [-0.25, -0.2) is 4.98 Å². The predicted molar refractivity (Wildman–Crippen MR) is 147 cm³/mol. The van der Waals surface area contributed by atoms with Gasteiger partial charge in [-0.1, -0.05) is 59.6 Å². The summed E-state index contributed by atoms with van der Waals surface area (Å²) in [5.74, 6) is 0. The minimum Gasteiger partial charge on any atom is -0.377 e. The topological polar surface area (TPSA) is 47.4 Å². The Morgan fingerprint density at radius 1 is 1.06 bits per heavy atom. The summed E-state index contributed by atoms with van der Waals surface area (Å²) in [6.07, 6.45) is 6.05. The number of rotatable bonds is 8. The van der Waals surface area contributed by atoms with Gasteiger partial charge < -0.3 is 14.2 Å². The van der Waals surface area contributed by atoms with E-state index in [0.717, 1.165) is 51.1 Å². The molecule has 0 spiro atoms. The predicted octanol–water partition coefficient (Wildman–Crippen LogP) is 6.02. The summed E-state index contributed by atoms with van der Waals surface area (Å²) >= 11 is 6.24. The average molecular weight is 500 g/mol. The number of benzene rings is 3. The van der Waals surface area contributed by atoms with Crippen LogP contribution in [0.5, 0.6) is 0 Å². The van der Waals surface area contributed by atoms with Crippen LogP contribution in [0.2, 0.25) is 5.02 Å². The molecule has 36 heavy (non-hydrogen) atoms. The van der Waals surface area contributed by atoms with Crippen molar-refractivity contribution in [1.29, 1.82) is 0 Å². The van der Waals surface area contributed by atoms with Gasteiger partial charge in [0.15, 0.2) is 5.60 Å². The van der Waals surface area contributed by atoms with E-state index in [-0.39, 0.29) is 0 Å². The molecule has 0 aliphatic heterocycles. The van der Waals surface area contributed by atoms with Gasteiger partial charge in [-0.2, -0.15) is 0 Å². The SMILES string of the molecule is COC(c1ccc(Cl)cc1)(c1ccc(N(C)C)c(/C(=C\C=O)c2cccc(C)c2)c1)c1cncn1C. The van der Waals surface area contributed by atoms with E-state index in [1.807, 2.05) is 86.2 Å². The standard InChI is InChI=1S/C30H30ClN3O2/c1-21-7-6-8-22(17-21)26(15-16-35)27-18-24(11-14-28(27)33(2)3)30(36-5,29-19-32-20-34(29)4)23-9-12-25(31)13-10-23/h6-20H,1-5H3/b26-15-. The number of aromatic nitrogens is 2. The van der Waals surface area contributed by atoms with Crippen molar-refractivity contribution in [1.82, 2.24) is 9.55 Å². The number of carbonyl (C=O) groups excluding carboxylic acids is 1. The Hall–Kier alpha value is -3.67. The molecule has 5 nitrogen and oxygen atoms in total. The average Bonchev–Trinajstić information content (AvgIpc) is 3.30. The highest BCUT2D eigenvalue weighted by molar-refractivity contribution is 6.30. The summed E-state index contributed by atoms with van der Waals surface area (Å²) in [5.41, 5.74) is 6.56. The third kappa shape index (κ3) is 4.60. The Morgan fingerprint density at radius 3 is 2.36 bits per heavy atom. The first kappa shape index (κ1) is 25.4. The Balaban J connectivity index is 2.05. The van der Waals surface area contributed by atoms with E-state index >= 15 is 0 Å². The molecule has 0 radical (unpaired) electrons. The number of hydrogen-bond acceptors (Lipinski definition) is 4. The fourth-order valence-electron chi connectivity index (χ4n) is 4.77. The van der Waals surface area contributed by atoms with Gasteiger partial charge in [-0.3, -0.25) is 4.79 Å². The quantitative estimate of drug-likeness (QED) is 0.220. The number of imidazole rings is 1. The minimum absolute atomic E-state index is 0.646. The summed E-state index contributed by atoms with van der Waals surface area (Å²) in [4.78, 5) is 18.2. The number of ether oxygens (including phenoxy) is 1. The van der Waals surface area contributed by atoms with Crippen LogP contribution in [0.4, 0.5) is 5.69 Å². The maximum absolute atomic E-state index is 11.8. The molecule has 4 rings (SSSR count). The van der Waals surface area contributed by atoms with Crippen molar-refractivity contribution in [2.75, 3.05) is 26.1 Å². The molecular formula is C30H30ClN3O2. The summed E-state index contributed by atoms with van der Waals surface area (Å²) < 4.78 is 8.35. The number of carbonyl (C=O) groups is 1. The van der Waals surface area contributed by atoms with E-state index in [1.165, 1.54) is 0 Å². The maximum Gasteiger partial charge on any atom is 0.159 e. The Labute approximate surface area is 217 Å². The van der Waals surface area contributed by atoms with Crippen LogP contribution in [0, 0.1) is 6.92 Å². The summed E-state index contributed by atoms with van der Waals surface area (Å²) in [5, 5.41) is 0.646. The van der Waals surface area contributed by atoms with Crippen molar-refractivity contribution in [2.45, 2.75) is 12.5 Å². The summed E-state index contributed by atoms with van der Waals surface area (Å²) in [7, 11) is 7.64. The molecule has 3 aromatic carbocycles. The van der Waals surface area contributed by atoms with Crippen LogP contribution >= 0.6 is 11.6 Å². The highest BCUT2D eigenvalue weighted by atomic mass is 35.5. The van der Waals surface area contributed by atoms with E-state index in [9.17, 15) is 4.79 Å². The lowest BCUT2D eigenvalue weighted by Gasteiger charge is -2.35. The molecule has 1 atom stereocenters. The van der Waals surface area contributed by atoms with Gasteiger partial charge in [0.05, 0.1) is 18.2 Å². The van der Waals surface area contributed by atoms with Gasteiger partial charge in [0.25, 0.3) is 0 Å². The number of aryl methyl sites for hydroxylation is 2. The Bertz CT molecular complexity index is 1410. The zero-order valence-corrected chi connectivity index (χ0v) is 22.0. The number of methoxy groups -OCH3 is 1. The zero-order valence-electron chi connectivity index (χ0n) is 21.2. The van der Waals surface area contributed by atoms with Gasteiger partial charge in [-0.05, 0) is 59.5 Å². The van der Waals surface area contributed by atoms with E-state index < -0.39 is 5.60 Å². The van der Waals surface area contributed by atoms with Crippen LogP contribution in [0.25, 0.3) is 5.57 Å². The second-order valence-corrected chi connectivity index (χ2v) is 9.43. The number of anilines is 1. The molecule has 0 aliphatic carbocycles. The number of allylic oxidation sites excluding steroid dienone is 1. The number of nitrogens with zero attached hydrogens (tertiary/aromatic N) is 3. The zero-order chi connectivity index (χ0) is 25.9. The normalized spacial score (nSPS) is 13.3. The summed E-state index contributed by atoms with van der Waals surface area (Å²) in [6, 6.07) is 22.1. The van der Waals surface area contributed by atoms with Gasteiger partial charge in [-0.15, -0.1) is 0 Å². The molecule has 0 bridgehead atoms. The second-order valence-electron chi connectivity index (χ2n) is 8.99. The lowest BCUT2D eigenvalue weighted by atomic mass is 9.81. The van der Waals surface area contributed by atoms with Crippen molar-refractivity contribution in [3.63, 3.8) is 0 Å². The molecule has 4 aromatic rings. The van der Waals surface area contributed by atoms with Crippen LogP contribution in [0.1, 0.15) is 33.5 Å². The molecule has 0 amide bonds. The Morgan fingerprint density at radius 2 is 1.78 bits per heavy atom. The first-order chi connectivity index (χ1) is 17.3. The molecule has 6 heteroatoms. The van der Waals surface area contributed by atoms with Crippen molar-refractivity contribution >= 4 is 29.1 Å². The van der Waals surface area contributed by atoms with Crippen LogP contribution in [-0.4, -0.2) is 37.0 Å². The third-order valence-corrected chi connectivity index (χ3v) is 6.73. The lowest BCUT2D eigenvalue weighted by Crippen LogP contribution is -2.34. The number of aldehydes is 1. The highest BCUT2D eigenvalue weighted by Gasteiger charge is 2.39. The molecular weight excluding hydrogens is 470 g/mol. The highest BCUT2D eigenvalue weighted by Crippen LogP contribution is 2.43. The first-order valence-corrected chi connectivity index (χ1v) is 12.0. The molecule has 1 unspecified atom stereocenters. The van der Waals surface area contributed by atoms with Gasteiger partial charge >= 0.3 is 0 Å². The first-order valence-electron chi connectivity index (χ1n) is 11.6. The summed E-state index contributed by atoms with van der Waals surface area (Å²) in [6.45, 7) is 2.05. The molecule has 0 aliphatic rings. The monoisotopic (exact) mass is 499 g/mol. The number of halogens is 1. The van der Waals surface area contributed by atoms with Crippen molar-refractivity contribution in [3.8, 4) is 0 Å². The fraction of sp³-hybridized carbons (Fsp3) is 0.200. The smallest absolute Gasteiger partial charge is 0.159 e. The van der Waals surface area contributed by atoms with Crippen molar-refractivity contribution < 1.29 is 9.53 Å². The van der Waals surface area contributed by atoms with Crippen LogP contribution < -0.4 is 4.90 Å². The largest absolute Gasteiger partial charge is 0.377 e. The molecule has 0 fully saturated rings.